The van der Waals surface area contributed by atoms with Gasteiger partial charge in [0.05, 0.1) is 5.69 Å². The molecule has 0 spiro atoms. The molecule has 1 aromatic heterocycles. The summed E-state index contributed by atoms with van der Waals surface area (Å²) in [6, 6.07) is 11.7. The topological polar surface area (TPSA) is 64.9 Å². The van der Waals surface area contributed by atoms with Gasteiger partial charge >= 0.3 is 0 Å². The molecule has 1 heterocycles. The van der Waals surface area contributed by atoms with Crippen molar-refractivity contribution >= 4 is 17.3 Å². The number of benzene rings is 2. The van der Waals surface area contributed by atoms with E-state index in [0.29, 0.717) is 28.7 Å². The van der Waals surface area contributed by atoms with Crippen LogP contribution < -0.4 is 5.73 Å². The van der Waals surface area contributed by atoms with Gasteiger partial charge in [-0.15, -0.1) is 0 Å². The fourth-order valence-electron chi connectivity index (χ4n) is 1.95. The Bertz CT molecular complexity index is 788. The van der Waals surface area contributed by atoms with E-state index in [4.69, 9.17) is 21.9 Å². The molecule has 2 N–H and O–H groups in total. The largest absolute Gasteiger partial charge is 0.396 e. The molecule has 0 unspecified atom stereocenters. The predicted octanol–water partition coefficient (Wildman–Crippen LogP) is 3.70. The second-order valence-corrected chi connectivity index (χ2v) is 5.00. The zero-order chi connectivity index (χ0) is 14.8. The van der Waals surface area contributed by atoms with Crippen LogP contribution in [0, 0.1) is 5.82 Å². The van der Waals surface area contributed by atoms with Crippen LogP contribution in [0.15, 0.2) is 47.0 Å². The highest BCUT2D eigenvalue weighted by Gasteiger charge is 2.11. The van der Waals surface area contributed by atoms with Crippen molar-refractivity contribution in [2.75, 3.05) is 5.73 Å². The van der Waals surface area contributed by atoms with Gasteiger partial charge in [0.1, 0.15) is 5.82 Å². The SMILES string of the molecule is Nc1cc(-c2nc(Cc3cccc(Cl)c3)no2)ccc1F. The lowest BCUT2D eigenvalue weighted by Crippen LogP contribution is -1.92. The number of hydrogen-bond acceptors (Lipinski definition) is 4. The summed E-state index contributed by atoms with van der Waals surface area (Å²) in [5.74, 6) is 0.353. The van der Waals surface area contributed by atoms with Gasteiger partial charge in [0.2, 0.25) is 0 Å². The minimum Gasteiger partial charge on any atom is -0.396 e. The standard InChI is InChI=1S/C15H11ClFN3O/c16-11-3-1-2-9(6-11)7-14-19-15(21-20-14)10-4-5-12(17)13(18)8-10/h1-6,8H,7,18H2. The van der Waals surface area contributed by atoms with Gasteiger partial charge in [0.15, 0.2) is 5.82 Å². The maximum Gasteiger partial charge on any atom is 0.258 e. The van der Waals surface area contributed by atoms with Gasteiger partial charge in [-0.05, 0) is 35.9 Å². The molecule has 3 aromatic rings. The summed E-state index contributed by atoms with van der Waals surface area (Å²) >= 11 is 5.93. The zero-order valence-corrected chi connectivity index (χ0v) is 11.6. The Balaban J connectivity index is 1.84. The molecular weight excluding hydrogens is 293 g/mol. The molecule has 4 nitrogen and oxygen atoms in total. The molecule has 0 aliphatic carbocycles. The zero-order valence-electron chi connectivity index (χ0n) is 10.9. The summed E-state index contributed by atoms with van der Waals surface area (Å²) < 4.78 is 18.3. The number of hydrogen-bond donors (Lipinski definition) is 1. The normalized spacial score (nSPS) is 10.8. The molecular formula is C15H11ClFN3O. The Morgan fingerprint density at radius 1 is 1.19 bits per heavy atom. The van der Waals surface area contributed by atoms with Crippen molar-refractivity contribution in [3.05, 3.63) is 64.7 Å². The summed E-state index contributed by atoms with van der Waals surface area (Å²) in [4.78, 5) is 4.28. The number of halogens is 2. The average Bonchev–Trinajstić information content (AvgIpc) is 2.90. The lowest BCUT2D eigenvalue weighted by atomic mass is 10.1. The first-order chi connectivity index (χ1) is 10.1. The second kappa shape index (κ2) is 5.54. The molecule has 0 amide bonds. The summed E-state index contributed by atoms with van der Waals surface area (Å²) in [6.07, 6.45) is 0.501. The van der Waals surface area contributed by atoms with Gasteiger partial charge in [-0.1, -0.05) is 28.9 Å². The van der Waals surface area contributed by atoms with Crippen molar-refractivity contribution in [3.8, 4) is 11.5 Å². The Morgan fingerprint density at radius 2 is 2.05 bits per heavy atom. The fraction of sp³-hybridized carbons (Fsp3) is 0.0667. The van der Waals surface area contributed by atoms with Gasteiger partial charge < -0.3 is 10.3 Å². The van der Waals surface area contributed by atoms with Gasteiger partial charge in [-0.25, -0.2) is 4.39 Å². The third kappa shape index (κ3) is 3.03. The van der Waals surface area contributed by atoms with Crippen LogP contribution in [0.25, 0.3) is 11.5 Å². The second-order valence-electron chi connectivity index (χ2n) is 4.56. The first kappa shape index (κ1) is 13.6. The molecule has 0 fully saturated rings. The van der Waals surface area contributed by atoms with Crippen molar-refractivity contribution < 1.29 is 8.91 Å². The summed E-state index contributed by atoms with van der Waals surface area (Å²) in [6.45, 7) is 0. The minimum atomic E-state index is -0.475. The highest BCUT2D eigenvalue weighted by molar-refractivity contribution is 6.30. The molecule has 0 radical (unpaired) electrons. The highest BCUT2D eigenvalue weighted by atomic mass is 35.5. The molecule has 0 bridgehead atoms. The van der Waals surface area contributed by atoms with Gasteiger partial charge in [-0.3, -0.25) is 0 Å². The van der Waals surface area contributed by atoms with Crippen LogP contribution in [0.4, 0.5) is 10.1 Å². The summed E-state index contributed by atoms with van der Waals surface area (Å²) in [7, 11) is 0. The monoisotopic (exact) mass is 303 g/mol. The predicted molar refractivity (Wildman–Crippen MR) is 78.4 cm³/mol. The molecule has 106 valence electrons. The molecule has 0 aliphatic rings. The van der Waals surface area contributed by atoms with Crippen LogP contribution in [0.5, 0.6) is 0 Å². The molecule has 0 saturated carbocycles. The Labute approximate surface area is 125 Å². The fourth-order valence-corrected chi connectivity index (χ4v) is 2.16. The Kier molecular flexibility index (Phi) is 3.58. The van der Waals surface area contributed by atoms with Crippen LogP contribution in [0.3, 0.4) is 0 Å². The van der Waals surface area contributed by atoms with E-state index in [-0.39, 0.29) is 5.69 Å². The number of nitrogen functional groups attached to an aromatic ring is 1. The van der Waals surface area contributed by atoms with Crippen LogP contribution >= 0.6 is 11.6 Å². The Hall–Kier alpha value is -2.40. The molecule has 0 atom stereocenters. The van der Waals surface area contributed by atoms with E-state index < -0.39 is 5.82 Å². The third-order valence-corrected chi connectivity index (χ3v) is 3.20. The van der Waals surface area contributed by atoms with Crippen LogP contribution in [0.2, 0.25) is 5.02 Å². The molecule has 6 heteroatoms. The van der Waals surface area contributed by atoms with Crippen molar-refractivity contribution in [1.82, 2.24) is 10.1 Å². The van der Waals surface area contributed by atoms with Gasteiger partial charge in [0.25, 0.3) is 5.89 Å². The average molecular weight is 304 g/mol. The lowest BCUT2D eigenvalue weighted by molar-refractivity contribution is 0.424. The summed E-state index contributed by atoms with van der Waals surface area (Å²) in [5, 5.41) is 4.56. The maximum atomic E-state index is 13.1. The van der Waals surface area contributed by atoms with Gasteiger partial charge in [0, 0.05) is 17.0 Å². The molecule has 21 heavy (non-hydrogen) atoms. The van der Waals surface area contributed by atoms with Crippen LogP contribution in [0.1, 0.15) is 11.4 Å². The smallest absolute Gasteiger partial charge is 0.258 e. The van der Waals surface area contributed by atoms with Crippen molar-refractivity contribution in [3.63, 3.8) is 0 Å². The summed E-state index contributed by atoms with van der Waals surface area (Å²) in [5.41, 5.74) is 7.13. The molecule has 3 rings (SSSR count). The first-order valence-corrected chi connectivity index (χ1v) is 6.62. The quantitative estimate of drug-likeness (QED) is 0.749. The molecule has 2 aromatic carbocycles. The number of anilines is 1. The number of aromatic nitrogens is 2. The maximum absolute atomic E-state index is 13.1. The number of nitrogens with two attached hydrogens (primary N) is 1. The van der Waals surface area contributed by atoms with Gasteiger partial charge in [-0.2, -0.15) is 4.98 Å². The van der Waals surface area contributed by atoms with Crippen molar-refractivity contribution in [1.29, 1.82) is 0 Å². The molecule has 0 aliphatic heterocycles. The first-order valence-electron chi connectivity index (χ1n) is 6.24. The third-order valence-electron chi connectivity index (χ3n) is 2.96. The Morgan fingerprint density at radius 3 is 2.81 bits per heavy atom. The van der Waals surface area contributed by atoms with Crippen LogP contribution in [-0.2, 0) is 6.42 Å². The van der Waals surface area contributed by atoms with Crippen molar-refractivity contribution in [2.24, 2.45) is 0 Å². The minimum absolute atomic E-state index is 0.0436. The lowest BCUT2D eigenvalue weighted by Gasteiger charge is -1.98. The van der Waals surface area contributed by atoms with Crippen LogP contribution in [-0.4, -0.2) is 10.1 Å². The molecule has 0 saturated heterocycles. The van der Waals surface area contributed by atoms with E-state index in [9.17, 15) is 4.39 Å². The van der Waals surface area contributed by atoms with E-state index in [1.165, 1.54) is 12.1 Å². The number of nitrogens with zero attached hydrogens (tertiary/aromatic N) is 2. The van der Waals surface area contributed by atoms with E-state index in [2.05, 4.69) is 10.1 Å². The van der Waals surface area contributed by atoms with E-state index in [1.807, 2.05) is 18.2 Å². The highest BCUT2D eigenvalue weighted by Crippen LogP contribution is 2.22. The van der Waals surface area contributed by atoms with E-state index in [0.717, 1.165) is 5.56 Å². The van der Waals surface area contributed by atoms with E-state index >= 15 is 0 Å². The van der Waals surface area contributed by atoms with Crippen molar-refractivity contribution in [2.45, 2.75) is 6.42 Å². The van der Waals surface area contributed by atoms with E-state index in [1.54, 1.807) is 12.1 Å². The number of rotatable bonds is 3.